The van der Waals surface area contributed by atoms with Crippen molar-refractivity contribution in [3.8, 4) is 0 Å². The van der Waals surface area contributed by atoms with E-state index in [0.717, 1.165) is 148 Å². The van der Waals surface area contributed by atoms with Gasteiger partial charge in [0.05, 0.1) is 40.3 Å². The van der Waals surface area contributed by atoms with E-state index in [1.165, 1.54) is 64.2 Å². The van der Waals surface area contributed by atoms with E-state index in [4.69, 9.17) is 18.9 Å². The summed E-state index contributed by atoms with van der Waals surface area (Å²) < 4.78 is 22.7. The van der Waals surface area contributed by atoms with Gasteiger partial charge in [0.15, 0.2) is 12.4 Å². The maximum absolute atomic E-state index is 12.9. The molecule has 480 valence electrons. The Balaban J connectivity index is 4.13. The van der Waals surface area contributed by atoms with E-state index in [1.807, 2.05) is 21.1 Å². The van der Waals surface area contributed by atoms with Crippen LogP contribution >= 0.6 is 0 Å². The first-order valence-electron chi connectivity index (χ1n) is 33.6. The predicted octanol–water partition coefficient (Wildman–Crippen LogP) is 19.6. The van der Waals surface area contributed by atoms with Crippen molar-refractivity contribution in [2.24, 2.45) is 0 Å². The van der Waals surface area contributed by atoms with Crippen LogP contribution in [0.15, 0.2) is 158 Å². The molecule has 0 heterocycles. The summed E-state index contributed by atoms with van der Waals surface area (Å²) in [5, 5.41) is 11.8. The average molecular weight is 1180 g/mol. The van der Waals surface area contributed by atoms with Crippen LogP contribution in [0.5, 0.6) is 0 Å². The Kier molecular flexibility index (Phi) is 61.0. The van der Waals surface area contributed by atoms with Crippen LogP contribution in [0, 0.1) is 0 Å². The minimum atomic E-state index is -1.63. The van der Waals surface area contributed by atoms with E-state index in [-0.39, 0.29) is 38.6 Å². The van der Waals surface area contributed by atoms with E-state index in [0.29, 0.717) is 17.4 Å². The fourth-order valence-electron chi connectivity index (χ4n) is 8.70. The Hall–Kier alpha value is -5.09. The molecule has 0 aromatic heterocycles. The molecule has 0 aliphatic rings. The Bertz CT molecular complexity index is 1950. The van der Waals surface area contributed by atoms with Crippen molar-refractivity contribution in [3.05, 3.63) is 158 Å². The number of aliphatic carboxylic acids is 1. The highest BCUT2D eigenvalue weighted by molar-refractivity contribution is 5.70. The highest BCUT2D eigenvalue weighted by Crippen LogP contribution is 2.16. The summed E-state index contributed by atoms with van der Waals surface area (Å²) in [6.45, 7) is 4.49. The molecule has 0 aromatic rings. The Morgan fingerprint density at radius 1 is 0.353 bits per heavy atom. The molecule has 2 unspecified atom stereocenters. The lowest BCUT2D eigenvalue weighted by Crippen LogP contribution is -2.44. The van der Waals surface area contributed by atoms with Gasteiger partial charge >= 0.3 is 11.9 Å². The summed E-state index contributed by atoms with van der Waals surface area (Å²) in [5.41, 5.74) is 0. The summed E-state index contributed by atoms with van der Waals surface area (Å²) in [7, 11) is 5.91. The average Bonchev–Trinajstić information content (AvgIpc) is 3.49. The zero-order valence-corrected chi connectivity index (χ0v) is 54.7. The molecule has 0 bridgehead atoms. The normalized spacial score (nSPS) is 13.8. The Morgan fingerprint density at radius 3 is 0.941 bits per heavy atom. The second-order valence-corrected chi connectivity index (χ2v) is 23.0. The molecule has 0 aliphatic carbocycles. The van der Waals surface area contributed by atoms with Crippen molar-refractivity contribution in [2.45, 2.75) is 257 Å². The molecular weight excluding hydrogens is 1050 g/mol. The van der Waals surface area contributed by atoms with Gasteiger partial charge in [-0.25, -0.2) is 0 Å². The molecule has 0 fully saturated rings. The van der Waals surface area contributed by atoms with Gasteiger partial charge in [0.2, 0.25) is 0 Å². The number of carboxylic acid groups (broad SMARTS) is 1. The van der Waals surface area contributed by atoms with Crippen molar-refractivity contribution in [3.63, 3.8) is 0 Å². The lowest BCUT2D eigenvalue weighted by atomic mass is 10.0. The number of rotatable bonds is 60. The van der Waals surface area contributed by atoms with Crippen molar-refractivity contribution >= 4 is 17.9 Å². The second-order valence-electron chi connectivity index (χ2n) is 23.0. The van der Waals surface area contributed by atoms with Gasteiger partial charge in [0, 0.05) is 12.8 Å². The standard InChI is InChI=1S/C76H123NO8/c1-6-8-10-12-14-16-18-20-22-24-26-27-28-29-30-31-32-33-34-35-36-37-38-39-40-41-42-43-44-45-46-47-49-51-53-55-57-59-61-63-65-67-74(79)85-72(71-84-76(75(80)81)82-69-68-77(3,4)5)70-83-73(78)66-64-62-60-58-56-54-52-50-48-25-23-21-19-17-15-13-11-9-7-2/h8-11,14-17,20-23,26-27,29-30,32-33,35-36,38-39,41-42,48,50,72,76H,6-7,12-13,18-19,24-25,28,31,34,37,40,43-47,49,51-71H2,1-5H3/b10-8-,11-9-,16-14-,17-15-,22-20-,23-21-,27-26-,30-29-,33-32-,36-35-,39-38-,42-41-,50-48-. The van der Waals surface area contributed by atoms with E-state index < -0.39 is 24.3 Å². The number of likely N-dealkylation sites (N-methyl/N-ethyl adjacent to an activating group) is 1. The van der Waals surface area contributed by atoms with Gasteiger partial charge in [0.1, 0.15) is 13.2 Å². The number of hydrogen-bond acceptors (Lipinski definition) is 8. The maximum atomic E-state index is 12.9. The second kappa shape index (κ2) is 64.9. The Labute approximate surface area is 521 Å². The molecule has 0 aliphatic heterocycles. The number of allylic oxidation sites excluding steroid dienone is 26. The molecule has 9 heteroatoms. The molecule has 9 nitrogen and oxygen atoms in total. The molecule has 0 radical (unpaired) electrons. The third kappa shape index (κ3) is 66.3. The van der Waals surface area contributed by atoms with E-state index in [2.05, 4.69) is 172 Å². The molecule has 0 aromatic carbocycles. The number of carbonyl (C=O) groups excluding carboxylic acids is 3. The first kappa shape index (κ1) is 79.9. The topological polar surface area (TPSA) is 111 Å². The molecular formula is C76H123NO8. The number of ether oxygens (including phenoxy) is 4. The van der Waals surface area contributed by atoms with Crippen LogP contribution in [0.3, 0.4) is 0 Å². The fourth-order valence-corrected chi connectivity index (χ4v) is 8.70. The summed E-state index contributed by atoms with van der Waals surface area (Å²) in [4.78, 5) is 37.4. The minimum absolute atomic E-state index is 0.138. The van der Waals surface area contributed by atoms with Gasteiger partial charge in [-0.3, -0.25) is 9.59 Å². The van der Waals surface area contributed by atoms with Crippen LogP contribution in [-0.4, -0.2) is 82.3 Å². The number of hydrogen-bond donors (Lipinski definition) is 0. The number of nitrogens with zero attached hydrogens (tertiary/aromatic N) is 1. The van der Waals surface area contributed by atoms with Crippen LogP contribution in [0.1, 0.15) is 245 Å². The van der Waals surface area contributed by atoms with E-state index in [1.54, 1.807) is 0 Å². The van der Waals surface area contributed by atoms with Gasteiger partial charge in [-0.2, -0.15) is 0 Å². The smallest absolute Gasteiger partial charge is 0.306 e. The highest BCUT2D eigenvalue weighted by atomic mass is 16.7. The van der Waals surface area contributed by atoms with Crippen molar-refractivity contribution in [2.75, 3.05) is 47.5 Å². The number of esters is 2. The van der Waals surface area contributed by atoms with Crippen molar-refractivity contribution in [1.29, 1.82) is 0 Å². The zero-order chi connectivity index (χ0) is 61.9. The van der Waals surface area contributed by atoms with E-state index in [9.17, 15) is 19.5 Å². The molecule has 0 rings (SSSR count). The number of unbranched alkanes of at least 4 members (excludes halogenated alkanes) is 19. The third-order valence-electron chi connectivity index (χ3n) is 13.8. The van der Waals surface area contributed by atoms with Crippen LogP contribution in [0.25, 0.3) is 0 Å². The quantitative estimate of drug-likeness (QED) is 0.0195. The van der Waals surface area contributed by atoms with Crippen LogP contribution in [-0.2, 0) is 33.3 Å². The molecule has 85 heavy (non-hydrogen) atoms. The van der Waals surface area contributed by atoms with Crippen molar-refractivity contribution < 1.29 is 42.9 Å². The maximum Gasteiger partial charge on any atom is 0.306 e. The summed E-state index contributed by atoms with van der Waals surface area (Å²) >= 11 is 0. The summed E-state index contributed by atoms with van der Waals surface area (Å²) in [5.74, 6) is -2.31. The molecule has 0 amide bonds. The van der Waals surface area contributed by atoms with Crippen molar-refractivity contribution in [1.82, 2.24) is 0 Å². The number of carbonyl (C=O) groups is 3. The highest BCUT2D eigenvalue weighted by Gasteiger charge is 2.22. The monoisotopic (exact) mass is 1180 g/mol. The number of carboxylic acids is 1. The molecule has 0 saturated carbocycles. The van der Waals surface area contributed by atoms with Crippen LogP contribution in [0.2, 0.25) is 0 Å². The molecule has 0 spiro atoms. The molecule has 0 N–H and O–H groups in total. The van der Waals surface area contributed by atoms with Gasteiger partial charge in [-0.15, -0.1) is 0 Å². The molecule has 2 atom stereocenters. The van der Waals surface area contributed by atoms with E-state index >= 15 is 0 Å². The summed E-state index contributed by atoms with van der Waals surface area (Å²) in [6.07, 6.45) is 93.1. The molecule has 0 saturated heterocycles. The van der Waals surface area contributed by atoms with Gasteiger partial charge < -0.3 is 33.3 Å². The van der Waals surface area contributed by atoms with Gasteiger partial charge in [-0.05, 0) is 122 Å². The Morgan fingerprint density at radius 2 is 0.635 bits per heavy atom. The largest absolute Gasteiger partial charge is 0.545 e. The van der Waals surface area contributed by atoms with Crippen LogP contribution in [0.4, 0.5) is 0 Å². The predicted molar refractivity (Wildman–Crippen MR) is 361 cm³/mol. The minimum Gasteiger partial charge on any atom is -0.545 e. The SMILES string of the molecule is CC/C=C\C/C=C\C/C=C\C/C=C\C/C=C\C/C=C\C/C=C\C/C=C\C/C=C\CCCCCCCCCCCCCCCC(=O)OC(COC(=O)CCCCCCCC/C=C\C/C=C\C/C=C\C/C=C\CC)COC(OCC[N+](C)(C)C)C(=O)[O-]. The van der Waals surface area contributed by atoms with Gasteiger partial charge in [0.25, 0.3) is 0 Å². The fraction of sp³-hybridized carbons (Fsp3) is 0.618. The first-order valence-corrected chi connectivity index (χ1v) is 33.6. The van der Waals surface area contributed by atoms with Gasteiger partial charge in [-0.1, -0.05) is 268 Å². The lowest BCUT2D eigenvalue weighted by molar-refractivity contribution is -0.870. The lowest BCUT2D eigenvalue weighted by Gasteiger charge is -2.26. The summed E-state index contributed by atoms with van der Waals surface area (Å²) in [6, 6.07) is 0. The zero-order valence-electron chi connectivity index (χ0n) is 54.7. The first-order chi connectivity index (χ1) is 41.6. The number of quaternary nitrogens is 1. The van der Waals surface area contributed by atoms with Crippen LogP contribution < -0.4 is 5.11 Å². The third-order valence-corrected chi connectivity index (χ3v) is 13.8.